The van der Waals surface area contributed by atoms with Gasteiger partial charge >= 0.3 is 0 Å². The lowest BCUT2D eigenvalue weighted by molar-refractivity contribution is -0.137. The lowest BCUT2D eigenvalue weighted by atomic mass is 10.3. The Balaban J connectivity index is 2.56. The fraction of sp³-hybridized carbons (Fsp3) is 0.714. The first-order chi connectivity index (χ1) is 4.18. The second-order valence-electron chi connectivity index (χ2n) is 2.30. The van der Waals surface area contributed by atoms with E-state index in [0.717, 1.165) is 5.76 Å². The van der Waals surface area contributed by atoms with Crippen LogP contribution in [-0.2, 0) is 9.47 Å². The molecule has 0 amide bonds. The van der Waals surface area contributed by atoms with Gasteiger partial charge in [-0.25, -0.2) is 0 Å². The molecule has 2 unspecified atom stereocenters. The van der Waals surface area contributed by atoms with E-state index in [4.69, 9.17) is 9.47 Å². The first kappa shape index (κ1) is 6.62. The molecule has 0 bridgehead atoms. The van der Waals surface area contributed by atoms with Gasteiger partial charge in [-0.15, -0.1) is 0 Å². The van der Waals surface area contributed by atoms with Crippen LogP contribution in [0.1, 0.15) is 20.8 Å². The van der Waals surface area contributed by atoms with Gasteiger partial charge in [0.15, 0.2) is 6.29 Å². The SMILES string of the molecule is CC1=CC(C)OC(C)O1. The molecule has 0 fully saturated rings. The van der Waals surface area contributed by atoms with Crippen molar-refractivity contribution in [3.63, 3.8) is 0 Å². The molecule has 1 aliphatic rings. The van der Waals surface area contributed by atoms with Gasteiger partial charge in [0.05, 0.1) is 11.9 Å². The fourth-order valence-electron chi connectivity index (χ4n) is 1.00. The molecule has 2 nitrogen and oxygen atoms in total. The minimum absolute atomic E-state index is 0.0787. The van der Waals surface area contributed by atoms with E-state index in [1.165, 1.54) is 0 Å². The topological polar surface area (TPSA) is 18.5 Å². The second-order valence-corrected chi connectivity index (χ2v) is 2.30. The molecule has 0 aromatic heterocycles. The van der Waals surface area contributed by atoms with E-state index in [2.05, 4.69) is 0 Å². The highest BCUT2D eigenvalue weighted by atomic mass is 16.7. The molecule has 1 heterocycles. The molecule has 0 saturated carbocycles. The van der Waals surface area contributed by atoms with Gasteiger partial charge in [0.25, 0.3) is 0 Å². The molecule has 0 aliphatic carbocycles. The molecule has 0 aromatic rings. The molecular weight excluding hydrogens is 116 g/mol. The molecule has 0 saturated heterocycles. The Bertz CT molecular complexity index is 129. The van der Waals surface area contributed by atoms with E-state index in [1.54, 1.807) is 0 Å². The Morgan fingerprint density at radius 1 is 1.44 bits per heavy atom. The van der Waals surface area contributed by atoms with Gasteiger partial charge in [-0.2, -0.15) is 0 Å². The number of hydrogen-bond acceptors (Lipinski definition) is 2. The zero-order valence-corrected chi connectivity index (χ0v) is 6.05. The highest BCUT2D eigenvalue weighted by Crippen LogP contribution is 2.13. The van der Waals surface area contributed by atoms with E-state index in [1.807, 2.05) is 26.8 Å². The maximum atomic E-state index is 5.26. The predicted molar refractivity (Wildman–Crippen MR) is 34.9 cm³/mol. The van der Waals surface area contributed by atoms with Crippen molar-refractivity contribution in [1.29, 1.82) is 0 Å². The van der Waals surface area contributed by atoms with Crippen LogP contribution < -0.4 is 0 Å². The third kappa shape index (κ3) is 1.72. The van der Waals surface area contributed by atoms with Crippen molar-refractivity contribution >= 4 is 0 Å². The van der Waals surface area contributed by atoms with Gasteiger partial charge in [0, 0.05) is 0 Å². The van der Waals surface area contributed by atoms with Crippen LogP contribution >= 0.6 is 0 Å². The van der Waals surface area contributed by atoms with Crippen LogP contribution in [0.5, 0.6) is 0 Å². The molecular formula is C7H12O2. The minimum Gasteiger partial charge on any atom is -0.470 e. The van der Waals surface area contributed by atoms with Gasteiger partial charge in [-0.05, 0) is 26.8 Å². The zero-order valence-electron chi connectivity index (χ0n) is 6.05. The van der Waals surface area contributed by atoms with Gasteiger partial charge < -0.3 is 9.47 Å². The molecule has 1 aliphatic heterocycles. The van der Waals surface area contributed by atoms with Crippen LogP contribution in [0, 0.1) is 0 Å². The van der Waals surface area contributed by atoms with Crippen molar-refractivity contribution in [2.45, 2.75) is 33.2 Å². The maximum absolute atomic E-state index is 5.26. The summed E-state index contributed by atoms with van der Waals surface area (Å²) in [5, 5.41) is 0. The summed E-state index contributed by atoms with van der Waals surface area (Å²) >= 11 is 0. The second kappa shape index (κ2) is 2.40. The van der Waals surface area contributed by atoms with Crippen LogP contribution in [0.25, 0.3) is 0 Å². The lowest BCUT2D eigenvalue weighted by Gasteiger charge is -2.24. The summed E-state index contributed by atoms with van der Waals surface area (Å²) in [4.78, 5) is 0. The maximum Gasteiger partial charge on any atom is 0.197 e. The number of allylic oxidation sites excluding steroid dienone is 1. The summed E-state index contributed by atoms with van der Waals surface area (Å²) in [6.45, 7) is 5.84. The van der Waals surface area contributed by atoms with Crippen molar-refractivity contribution in [3.05, 3.63) is 11.8 Å². The summed E-state index contributed by atoms with van der Waals surface area (Å²) in [5.74, 6) is 0.959. The molecule has 0 aromatic carbocycles. The molecule has 0 spiro atoms. The Labute approximate surface area is 55.5 Å². The van der Waals surface area contributed by atoms with Crippen LogP contribution in [0.2, 0.25) is 0 Å². The summed E-state index contributed by atoms with van der Waals surface area (Å²) in [5.41, 5.74) is 0. The summed E-state index contributed by atoms with van der Waals surface area (Å²) in [7, 11) is 0. The van der Waals surface area contributed by atoms with Crippen molar-refractivity contribution in [2.75, 3.05) is 0 Å². The van der Waals surface area contributed by atoms with Gasteiger partial charge in [0.1, 0.15) is 0 Å². The number of ether oxygens (including phenoxy) is 2. The molecule has 0 radical (unpaired) electrons. The monoisotopic (exact) mass is 128 g/mol. The highest BCUT2D eigenvalue weighted by Gasteiger charge is 2.13. The van der Waals surface area contributed by atoms with Gasteiger partial charge in [0.2, 0.25) is 0 Å². The number of hydrogen-bond donors (Lipinski definition) is 0. The Hall–Kier alpha value is -0.500. The average Bonchev–Trinajstić information content (AvgIpc) is 1.59. The lowest BCUT2D eigenvalue weighted by Crippen LogP contribution is -2.22. The Morgan fingerprint density at radius 3 is 2.56 bits per heavy atom. The summed E-state index contributed by atoms with van der Waals surface area (Å²) in [6, 6.07) is 0. The molecule has 52 valence electrons. The molecule has 9 heavy (non-hydrogen) atoms. The van der Waals surface area contributed by atoms with Gasteiger partial charge in [-0.1, -0.05) is 0 Å². The largest absolute Gasteiger partial charge is 0.470 e. The molecule has 0 N–H and O–H groups in total. The van der Waals surface area contributed by atoms with E-state index >= 15 is 0 Å². The smallest absolute Gasteiger partial charge is 0.197 e. The molecule has 1 rings (SSSR count). The first-order valence-electron chi connectivity index (χ1n) is 3.19. The van der Waals surface area contributed by atoms with Crippen LogP contribution in [0.4, 0.5) is 0 Å². The minimum atomic E-state index is -0.0787. The molecule has 2 heteroatoms. The van der Waals surface area contributed by atoms with Crippen molar-refractivity contribution in [3.8, 4) is 0 Å². The highest BCUT2D eigenvalue weighted by molar-refractivity contribution is 4.95. The van der Waals surface area contributed by atoms with Crippen LogP contribution in [0.3, 0.4) is 0 Å². The van der Waals surface area contributed by atoms with E-state index in [0.29, 0.717) is 0 Å². The Kier molecular flexibility index (Phi) is 1.76. The standard InChI is InChI=1S/C7H12O2/c1-5-4-6(2)9-7(3)8-5/h4-5,7H,1-3H3. The van der Waals surface area contributed by atoms with Crippen molar-refractivity contribution in [2.24, 2.45) is 0 Å². The van der Waals surface area contributed by atoms with E-state index in [9.17, 15) is 0 Å². The van der Waals surface area contributed by atoms with Crippen molar-refractivity contribution < 1.29 is 9.47 Å². The van der Waals surface area contributed by atoms with Gasteiger partial charge in [-0.3, -0.25) is 0 Å². The van der Waals surface area contributed by atoms with Crippen LogP contribution in [-0.4, -0.2) is 12.4 Å². The first-order valence-corrected chi connectivity index (χ1v) is 3.19. The van der Waals surface area contributed by atoms with E-state index in [-0.39, 0.29) is 12.4 Å². The fourth-order valence-corrected chi connectivity index (χ4v) is 1.00. The average molecular weight is 128 g/mol. The predicted octanol–water partition coefficient (Wildman–Crippen LogP) is 1.67. The third-order valence-electron chi connectivity index (χ3n) is 1.23. The Morgan fingerprint density at radius 2 is 2.11 bits per heavy atom. The normalized spacial score (nSPS) is 35.2. The zero-order chi connectivity index (χ0) is 6.85. The quantitative estimate of drug-likeness (QED) is 0.494. The third-order valence-corrected chi connectivity index (χ3v) is 1.23. The van der Waals surface area contributed by atoms with Crippen LogP contribution in [0.15, 0.2) is 11.8 Å². The van der Waals surface area contributed by atoms with E-state index < -0.39 is 0 Å². The van der Waals surface area contributed by atoms with Crippen molar-refractivity contribution in [1.82, 2.24) is 0 Å². The summed E-state index contributed by atoms with van der Waals surface area (Å²) < 4.78 is 10.5. The number of rotatable bonds is 0. The molecule has 2 atom stereocenters. The summed E-state index contributed by atoms with van der Waals surface area (Å²) in [6.07, 6.45) is 2.08.